The summed E-state index contributed by atoms with van der Waals surface area (Å²) in [5, 5.41) is 0. The third kappa shape index (κ3) is 5.30. The van der Waals surface area contributed by atoms with Crippen molar-refractivity contribution in [3.8, 4) is 0 Å². The van der Waals surface area contributed by atoms with Crippen molar-refractivity contribution in [2.75, 3.05) is 0 Å². The second-order valence-corrected chi connectivity index (χ2v) is 5.70. The molecule has 1 aliphatic carbocycles. The maximum Gasteiger partial charge on any atom is 0.00435 e. The minimum absolute atomic E-state index is 0.0954. The molecule has 1 rings (SSSR count). The molecule has 0 aromatic heterocycles. The number of hydrogen-bond donors (Lipinski definition) is 0. The molecule has 0 nitrogen and oxygen atoms in total. The van der Waals surface area contributed by atoms with Crippen LogP contribution in [0.5, 0.6) is 0 Å². The molecule has 0 aliphatic heterocycles. The van der Waals surface area contributed by atoms with Crippen molar-refractivity contribution in [3.05, 3.63) is 71.4 Å². The van der Waals surface area contributed by atoms with Crippen LogP contribution in [0.2, 0.25) is 0 Å². The van der Waals surface area contributed by atoms with Crippen LogP contribution < -0.4 is 0 Å². The Kier molecular flexibility index (Phi) is 5.82. The van der Waals surface area contributed by atoms with Crippen LogP contribution in [-0.2, 0) is 0 Å². The Labute approximate surface area is 118 Å². The summed E-state index contributed by atoms with van der Waals surface area (Å²) in [6, 6.07) is 0. The topological polar surface area (TPSA) is 0 Å². The van der Waals surface area contributed by atoms with Crippen LogP contribution >= 0.6 is 0 Å². The van der Waals surface area contributed by atoms with E-state index in [1.54, 1.807) is 0 Å². The fraction of sp³-hybridized carbons (Fsp3) is 0.368. The normalized spacial score (nSPS) is 17.8. The highest BCUT2D eigenvalue weighted by Gasteiger charge is 2.18. The minimum Gasteiger partial charge on any atom is -0.0874 e. The van der Waals surface area contributed by atoms with Gasteiger partial charge in [-0.25, -0.2) is 0 Å². The zero-order valence-corrected chi connectivity index (χ0v) is 12.9. The van der Waals surface area contributed by atoms with Gasteiger partial charge in [0.25, 0.3) is 0 Å². The molecule has 0 radical (unpaired) electrons. The highest BCUT2D eigenvalue weighted by molar-refractivity contribution is 5.35. The number of rotatable bonds is 4. The summed E-state index contributed by atoms with van der Waals surface area (Å²) in [5.41, 5.74) is 4.14. The van der Waals surface area contributed by atoms with Gasteiger partial charge in [-0.3, -0.25) is 0 Å². The molecule has 0 bridgehead atoms. The summed E-state index contributed by atoms with van der Waals surface area (Å²) in [6.45, 7) is 10.9. The van der Waals surface area contributed by atoms with E-state index < -0.39 is 0 Å². The maximum atomic E-state index is 2.29. The average molecular weight is 254 g/mol. The highest BCUT2D eigenvalue weighted by Crippen LogP contribution is 2.32. The molecule has 0 atom stereocenters. The van der Waals surface area contributed by atoms with Gasteiger partial charge in [0, 0.05) is 5.41 Å². The summed E-state index contributed by atoms with van der Waals surface area (Å²) < 4.78 is 0. The third-order valence-corrected chi connectivity index (χ3v) is 3.40. The Bertz CT molecular complexity index is 474. The van der Waals surface area contributed by atoms with Crippen LogP contribution in [0.1, 0.15) is 41.0 Å². The second kappa shape index (κ2) is 7.13. The van der Waals surface area contributed by atoms with Gasteiger partial charge in [-0.1, -0.05) is 85.3 Å². The van der Waals surface area contributed by atoms with Gasteiger partial charge < -0.3 is 0 Å². The maximum absolute atomic E-state index is 2.29. The van der Waals surface area contributed by atoms with E-state index in [-0.39, 0.29) is 5.41 Å². The smallest absolute Gasteiger partial charge is 0.00435 e. The minimum atomic E-state index is 0.0954. The summed E-state index contributed by atoms with van der Waals surface area (Å²) in [6.07, 6.45) is 20.8. The van der Waals surface area contributed by atoms with E-state index in [0.29, 0.717) is 0 Å². The summed E-state index contributed by atoms with van der Waals surface area (Å²) in [7, 11) is 0. The zero-order valence-electron chi connectivity index (χ0n) is 12.9. The first-order valence-corrected chi connectivity index (χ1v) is 6.99. The van der Waals surface area contributed by atoms with E-state index >= 15 is 0 Å². The largest absolute Gasteiger partial charge is 0.0874 e. The molecule has 0 saturated heterocycles. The van der Waals surface area contributed by atoms with Crippen molar-refractivity contribution < 1.29 is 0 Å². The molecule has 102 valence electrons. The summed E-state index contributed by atoms with van der Waals surface area (Å²) >= 11 is 0. The predicted octanol–water partition coefficient (Wildman–Crippen LogP) is 5.92. The van der Waals surface area contributed by atoms with Gasteiger partial charge >= 0.3 is 0 Å². The molecule has 19 heavy (non-hydrogen) atoms. The van der Waals surface area contributed by atoms with Gasteiger partial charge in [0.2, 0.25) is 0 Å². The lowest BCUT2D eigenvalue weighted by molar-refractivity contribution is 0.567. The quantitative estimate of drug-likeness (QED) is 0.546. The standard InChI is InChI=1S/C19H26/c1-6-9-16(2)11-8-15-19(4,5)18-12-7-10-17(3)13-14-18/h6-11,13-15H,12H2,1-5H3/b9-6-,15-8+,16-11-. The van der Waals surface area contributed by atoms with Crippen LogP contribution in [-0.4, -0.2) is 0 Å². The monoisotopic (exact) mass is 254 g/mol. The van der Waals surface area contributed by atoms with Crippen LogP contribution in [0, 0.1) is 5.41 Å². The molecule has 0 aromatic carbocycles. The van der Waals surface area contributed by atoms with Crippen molar-refractivity contribution in [3.63, 3.8) is 0 Å². The molecule has 0 fully saturated rings. The Morgan fingerprint density at radius 1 is 1.26 bits per heavy atom. The fourth-order valence-corrected chi connectivity index (χ4v) is 2.07. The molecule has 0 aromatic rings. The Hall–Kier alpha value is -1.56. The lowest BCUT2D eigenvalue weighted by Crippen LogP contribution is -2.10. The van der Waals surface area contributed by atoms with Crippen LogP contribution in [0.4, 0.5) is 0 Å². The predicted molar refractivity (Wildman–Crippen MR) is 87.1 cm³/mol. The summed E-state index contributed by atoms with van der Waals surface area (Å²) in [4.78, 5) is 0. The van der Waals surface area contributed by atoms with Gasteiger partial charge in [-0.05, 0) is 27.2 Å². The first kappa shape index (κ1) is 15.5. The highest BCUT2D eigenvalue weighted by atomic mass is 14.2. The van der Waals surface area contributed by atoms with Crippen molar-refractivity contribution in [1.82, 2.24) is 0 Å². The molecule has 0 spiro atoms. The number of hydrogen-bond acceptors (Lipinski definition) is 0. The van der Waals surface area contributed by atoms with E-state index in [2.05, 4.69) is 82.4 Å². The SMILES string of the molecule is C\C=C/C(C)=C\C=C\C(C)(C)C1=CC=C(C)C=CC1. The first-order chi connectivity index (χ1) is 8.95. The van der Waals surface area contributed by atoms with Crippen LogP contribution in [0.3, 0.4) is 0 Å². The Morgan fingerprint density at radius 3 is 2.68 bits per heavy atom. The summed E-state index contributed by atoms with van der Waals surface area (Å²) in [5.74, 6) is 0. The molecular formula is C19H26. The Balaban J connectivity index is 2.84. The van der Waals surface area contributed by atoms with E-state index in [0.717, 1.165) is 6.42 Å². The van der Waals surface area contributed by atoms with Gasteiger partial charge in [0.1, 0.15) is 0 Å². The fourth-order valence-electron chi connectivity index (χ4n) is 2.07. The van der Waals surface area contributed by atoms with Crippen molar-refractivity contribution in [1.29, 1.82) is 0 Å². The van der Waals surface area contributed by atoms with E-state index in [9.17, 15) is 0 Å². The van der Waals surface area contributed by atoms with Crippen LogP contribution in [0.15, 0.2) is 71.4 Å². The second-order valence-electron chi connectivity index (χ2n) is 5.70. The van der Waals surface area contributed by atoms with Crippen LogP contribution in [0.25, 0.3) is 0 Å². The number of allylic oxidation sites excluding steroid dienone is 12. The molecule has 0 amide bonds. The van der Waals surface area contributed by atoms with Crippen molar-refractivity contribution in [2.24, 2.45) is 5.41 Å². The van der Waals surface area contributed by atoms with E-state index in [1.165, 1.54) is 16.7 Å². The molecular weight excluding hydrogens is 228 g/mol. The van der Waals surface area contributed by atoms with E-state index in [4.69, 9.17) is 0 Å². The van der Waals surface area contributed by atoms with Gasteiger partial charge in [0.15, 0.2) is 0 Å². The molecule has 0 heteroatoms. The van der Waals surface area contributed by atoms with Crippen molar-refractivity contribution >= 4 is 0 Å². The molecule has 0 unspecified atom stereocenters. The molecule has 0 N–H and O–H groups in total. The van der Waals surface area contributed by atoms with Gasteiger partial charge in [-0.2, -0.15) is 0 Å². The third-order valence-electron chi connectivity index (χ3n) is 3.40. The van der Waals surface area contributed by atoms with Gasteiger partial charge in [-0.15, -0.1) is 0 Å². The zero-order chi connectivity index (χ0) is 14.3. The van der Waals surface area contributed by atoms with E-state index in [1.807, 2.05) is 6.92 Å². The van der Waals surface area contributed by atoms with Gasteiger partial charge in [0.05, 0.1) is 0 Å². The van der Waals surface area contributed by atoms with Crippen molar-refractivity contribution in [2.45, 2.75) is 41.0 Å². The lowest BCUT2D eigenvalue weighted by atomic mass is 9.81. The molecule has 1 aliphatic rings. The lowest BCUT2D eigenvalue weighted by Gasteiger charge is -2.23. The average Bonchev–Trinajstić information content (AvgIpc) is 2.54. The first-order valence-electron chi connectivity index (χ1n) is 6.99. The molecule has 0 saturated carbocycles. The Morgan fingerprint density at radius 2 is 2.00 bits per heavy atom. The molecule has 0 heterocycles.